The number of nitrogens with two attached hydrogens (primary N) is 1. The fourth-order valence-electron chi connectivity index (χ4n) is 0.830. The third-order valence-corrected chi connectivity index (χ3v) is 2.88. The average molecular weight is 245 g/mol. The Labute approximate surface area is 90.2 Å². The van der Waals surface area contributed by atoms with Crippen LogP contribution < -0.4 is 5.73 Å². The summed E-state index contributed by atoms with van der Waals surface area (Å²) in [6.07, 6.45) is -4.69. The van der Waals surface area contributed by atoms with Crippen LogP contribution in [0.2, 0.25) is 0 Å². The number of hydrogen-bond donors (Lipinski definition) is 2. The van der Waals surface area contributed by atoms with Crippen molar-refractivity contribution < 1.29 is 23.1 Å². The number of thioether (sulfide) groups is 1. The van der Waals surface area contributed by atoms with Gasteiger partial charge in [0.15, 0.2) is 0 Å². The summed E-state index contributed by atoms with van der Waals surface area (Å²) in [5, 5.41) is 6.99. The molecule has 90 valence electrons. The lowest BCUT2D eigenvalue weighted by Gasteiger charge is -2.28. The molecule has 0 amide bonds. The van der Waals surface area contributed by atoms with Gasteiger partial charge in [-0.15, -0.1) is 11.8 Å². The lowest BCUT2D eigenvalue weighted by molar-refractivity contribution is -0.159. The molecule has 0 aliphatic rings. The summed E-state index contributed by atoms with van der Waals surface area (Å²) < 4.78 is 36.1. The van der Waals surface area contributed by atoms with Crippen LogP contribution in [-0.2, 0) is 4.79 Å². The van der Waals surface area contributed by atoms with Gasteiger partial charge < -0.3 is 10.8 Å². The van der Waals surface area contributed by atoms with Crippen LogP contribution >= 0.6 is 11.8 Å². The van der Waals surface area contributed by atoms with Crippen LogP contribution in [0, 0.1) is 0 Å². The normalized spacial score (nSPS) is 17.3. The largest absolute Gasteiger partial charge is 0.480 e. The van der Waals surface area contributed by atoms with Gasteiger partial charge in [-0.3, -0.25) is 4.79 Å². The van der Waals surface area contributed by atoms with Gasteiger partial charge in [-0.25, -0.2) is 0 Å². The molecule has 3 nitrogen and oxygen atoms in total. The van der Waals surface area contributed by atoms with Crippen LogP contribution in [0.4, 0.5) is 13.2 Å². The maximum Gasteiger partial charge on any atom is 0.405 e. The molecule has 0 heterocycles. The molecular weight excluding hydrogens is 231 g/mol. The monoisotopic (exact) mass is 245 g/mol. The van der Waals surface area contributed by atoms with Crippen LogP contribution in [0.1, 0.15) is 20.8 Å². The van der Waals surface area contributed by atoms with E-state index in [1.165, 1.54) is 0 Å². The maximum absolute atomic E-state index is 12.2. The molecule has 0 aromatic rings. The highest BCUT2D eigenvalue weighted by Crippen LogP contribution is 2.34. The van der Waals surface area contributed by atoms with E-state index < -0.39 is 28.2 Å². The van der Waals surface area contributed by atoms with Crippen molar-refractivity contribution in [3.8, 4) is 0 Å². The Kier molecular flexibility index (Phi) is 4.48. The van der Waals surface area contributed by atoms with E-state index in [2.05, 4.69) is 0 Å². The van der Waals surface area contributed by atoms with Crippen molar-refractivity contribution in [2.45, 2.75) is 43.0 Å². The molecule has 3 N–H and O–H groups in total. The van der Waals surface area contributed by atoms with E-state index in [-0.39, 0.29) is 0 Å². The summed E-state index contributed by atoms with van der Waals surface area (Å²) in [4.78, 5) is 10.7. The van der Waals surface area contributed by atoms with E-state index in [0.717, 1.165) is 0 Å². The minimum absolute atomic E-state index is 0.591. The van der Waals surface area contributed by atoms with Gasteiger partial charge in [-0.1, -0.05) is 20.8 Å². The van der Waals surface area contributed by atoms with Crippen LogP contribution in [0.15, 0.2) is 0 Å². The molecule has 0 saturated carbocycles. The van der Waals surface area contributed by atoms with E-state index >= 15 is 0 Å². The fraction of sp³-hybridized carbons (Fsp3) is 0.875. The van der Waals surface area contributed by atoms with E-state index in [0.29, 0.717) is 11.8 Å². The van der Waals surface area contributed by atoms with E-state index in [1.54, 1.807) is 20.8 Å². The number of hydrogen-bond acceptors (Lipinski definition) is 3. The van der Waals surface area contributed by atoms with Gasteiger partial charge >= 0.3 is 12.1 Å². The zero-order valence-electron chi connectivity index (χ0n) is 8.63. The highest BCUT2D eigenvalue weighted by atomic mass is 32.2. The molecule has 0 rings (SSSR count). The predicted molar refractivity (Wildman–Crippen MR) is 52.8 cm³/mol. The van der Waals surface area contributed by atoms with Crippen LogP contribution in [0.3, 0.4) is 0 Å². The number of rotatable bonds is 3. The smallest absolute Gasteiger partial charge is 0.405 e. The first-order valence-corrected chi connectivity index (χ1v) is 5.06. The lowest BCUT2D eigenvalue weighted by atomic mass is 10.2. The molecule has 0 aliphatic heterocycles. The Bertz CT molecular complexity index is 237. The van der Waals surface area contributed by atoms with Crippen molar-refractivity contribution in [1.82, 2.24) is 0 Å². The summed E-state index contributed by atoms with van der Waals surface area (Å²) >= 11 is 0.700. The molecule has 0 aromatic carbocycles. The standard InChI is InChI=1S/C8H14F3NO2S/c1-7(2,3)15-4(6(13)14)5(12)8(9,10)11/h4-5H,12H2,1-3H3,(H,13,14)/t4-,5-/m1/s1. The Morgan fingerprint density at radius 1 is 1.33 bits per heavy atom. The first kappa shape index (κ1) is 14.6. The molecular formula is C8H14F3NO2S. The SMILES string of the molecule is CC(C)(C)S[C@@H](C(=O)O)[C@@H](N)C(F)(F)F. The minimum Gasteiger partial charge on any atom is -0.480 e. The molecule has 0 aliphatic carbocycles. The number of halogens is 3. The van der Waals surface area contributed by atoms with Crippen molar-refractivity contribution in [2.75, 3.05) is 0 Å². The van der Waals surface area contributed by atoms with Gasteiger partial charge in [-0.2, -0.15) is 13.2 Å². The first-order chi connectivity index (χ1) is 6.45. The molecule has 15 heavy (non-hydrogen) atoms. The number of carbonyl (C=O) groups is 1. The Hall–Kier alpha value is -0.430. The first-order valence-electron chi connectivity index (χ1n) is 4.18. The molecule has 2 atom stereocenters. The van der Waals surface area contributed by atoms with Gasteiger partial charge in [0.1, 0.15) is 11.3 Å². The molecule has 0 saturated heterocycles. The highest BCUT2D eigenvalue weighted by molar-refractivity contribution is 8.01. The quantitative estimate of drug-likeness (QED) is 0.796. The van der Waals surface area contributed by atoms with Crippen molar-refractivity contribution in [3.05, 3.63) is 0 Å². The van der Waals surface area contributed by atoms with E-state index in [9.17, 15) is 18.0 Å². The maximum atomic E-state index is 12.2. The third kappa shape index (κ3) is 5.27. The lowest BCUT2D eigenvalue weighted by Crippen LogP contribution is -2.50. The zero-order valence-corrected chi connectivity index (χ0v) is 9.45. The van der Waals surface area contributed by atoms with E-state index in [4.69, 9.17) is 10.8 Å². The van der Waals surface area contributed by atoms with Crippen LogP contribution in [0.5, 0.6) is 0 Å². The second-order valence-corrected chi connectivity index (χ2v) is 6.02. The highest BCUT2D eigenvalue weighted by Gasteiger charge is 2.46. The van der Waals surface area contributed by atoms with Gasteiger partial charge in [0.05, 0.1) is 0 Å². The second kappa shape index (κ2) is 4.61. The van der Waals surface area contributed by atoms with Crippen LogP contribution in [0.25, 0.3) is 0 Å². The number of alkyl halides is 3. The average Bonchev–Trinajstić information content (AvgIpc) is 1.94. The predicted octanol–water partition coefficient (Wildman–Crippen LogP) is 1.86. The van der Waals surface area contributed by atoms with E-state index in [1.807, 2.05) is 0 Å². The number of carboxylic acid groups (broad SMARTS) is 1. The number of aliphatic carboxylic acids is 1. The molecule has 7 heteroatoms. The van der Waals surface area contributed by atoms with Crippen LogP contribution in [-0.4, -0.2) is 33.3 Å². The van der Waals surface area contributed by atoms with Crippen molar-refractivity contribution in [2.24, 2.45) is 5.73 Å². The molecule has 0 aromatic heterocycles. The summed E-state index contributed by atoms with van der Waals surface area (Å²) in [6.45, 7) is 4.91. The summed E-state index contributed by atoms with van der Waals surface area (Å²) in [6, 6.07) is -2.35. The Balaban J connectivity index is 4.76. The zero-order chi connectivity index (χ0) is 12.4. The topological polar surface area (TPSA) is 63.3 Å². The minimum atomic E-state index is -4.69. The van der Waals surface area contributed by atoms with Gasteiger partial charge in [0.2, 0.25) is 0 Å². The third-order valence-electron chi connectivity index (χ3n) is 1.43. The Morgan fingerprint density at radius 3 is 1.93 bits per heavy atom. The summed E-state index contributed by atoms with van der Waals surface area (Å²) in [5.74, 6) is -1.54. The summed E-state index contributed by atoms with van der Waals surface area (Å²) in [7, 11) is 0. The summed E-state index contributed by atoms with van der Waals surface area (Å²) in [5.41, 5.74) is 4.88. The van der Waals surface area contributed by atoms with Crippen molar-refractivity contribution >= 4 is 17.7 Å². The van der Waals surface area contributed by atoms with Gasteiger partial charge in [0, 0.05) is 4.75 Å². The van der Waals surface area contributed by atoms with Gasteiger partial charge in [0.25, 0.3) is 0 Å². The number of carboxylic acids is 1. The fourth-order valence-corrected chi connectivity index (χ4v) is 1.99. The molecule has 0 radical (unpaired) electrons. The second-order valence-electron chi connectivity index (χ2n) is 4.06. The molecule has 0 fully saturated rings. The molecule has 0 spiro atoms. The van der Waals surface area contributed by atoms with Gasteiger partial charge in [-0.05, 0) is 0 Å². The van der Waals surface area contributed by atoms with Crippen molar-refractivity contribution in [1.29, 1.82) is 0 Å². The molecule has 0 unspecified atom stereocenters. The Morgan fingerprint density at radius 2 is 1.73 bits per heavy atom. The molecule has 0 bridgehead atoms. The van der Waals surface area contributed by atoms with Crippen molar-refractivity contribution in [3.63, 3.8) is 0 Å².